The molecule has 0 fully saturated rings. The van der Waals surface area contributed by atoms with Gasteiger partial charge in [-0.15, -0.1) is 11.3 Å². The van der Waals surface area contributed by atoms with Gasteiger partial charge in [0.1, 0.15) is 4.21 Å². The molecular formula is C14H14ClNO4S2. The van der Waals surface area contributed by atoms with Crippen LogP contribution in [0.3, 0.4) is 0 Å². The minimum absolute atomic E-state index is 0.185. The first-order valence-electron chi connectivity index (χ1n) is 6.36. The zero-order valence-electron chi connectivity index (χ0n) is 11.9. The fourth-order valence-corrected chi connectivity index (χ4v) is 4.80. The van der Waals surface area contributed by atoms with E-state index in [1.807, 2.05) is 0 Å². The molecule has 0 aliphatic carbocycles. The van der Waals surface area contributed by atoms with Crippen LogP contribution < -0.4 is 4.31 Å². The predicted octanol–water partition coefficient (Wildman–Crippen LogP) is 3.40. The van der Waals surface area contributed by atoms with Crippen molar-refractivity contribution < 1.29 is 17.9 Å². The third kappa shape index (κ3) is 3.11. The molecule has 0 amide bonds. The quantitative estimate of drug-likeness (QED) is 0.767. The third-order valence-corrected chi connectivity index (χ3v) is 6.54. The predicted molar refractivity (Wildman–Crippen MR) is 87.3 cm³/mol. The number of benzene rings is 1. The molecule has 1 heterocycles. The molecule has 5 nitrogen and oxygen atoms in total. The Morgan fingerprint density at radius 2 is 2.09 bits per heavy atom. The molecule has 0 unspecified atom stereocenters. The fourth-order valence-electron chi connectivity index (χ4n) is 1.94. The molecule has 0 saturated carbocycles. The third-order valence-electron chi connectivity index (χ3n) is 2.96. The van der Waals surface area contributed by atoms with Crippen molar-refractivity contribution in [2.75, 3.05) is 18.0 Å². The minimum atomic E-state index is -3.72. The van der Waals surface area contributed by atoms with E-state index in [0.717, 1.165) is 11.3 Å². The second-order valence-electron chi connectivity index (χ2n) is 4.26. The number of ether oxygens (including phenoxy) is 1. The zero-order chi connectivity index (χ0) is 16.3. The van der Waals surface area contributed by atoms with Crippen molar-refractivity contribution in [3.05, 3.63) is 46.3 Å². The van der Waals surface area contributed by atoms with Crippen molar-refractivity contribution in [1.29, 1.82) is 0 Å². The van der Waals surface area contributed by atoms with Crippen LogP contribution in [0.4, 0.5) is 5.69 Å². The van der Waals surface area contributed by atoms with Gasteiger partial charge in [0.15, 0.2) is 0 Å². The molecule has 0 saturated heterocycles. The van der Waals surface area contributed by atoms with Crippen LogP contribution in [-0.4, -0.2) is 28.0 Å². The Morgan fingerprint density at radius 1 is 1.36 bits per heavy atom. The maximum absolute atomic E-state index is 12.7. The number of hydrogen-bond donors (Lipinski definition) is 0. The van der Waals surface area contributed by atoms with Crippen LogP contribution in [0.1, 0.15) is 17.3 Å². The Morgan fingerprint density at radius 3 is 2.64 bits per heavy atom. The smallest absolute Gasteiger partial charge is 0.337 e. The SMILES string of the molecule is CCN(c1cc(C(=O)OC)ccc1Cl)S(=O)(=O)c1cccs1. The maximum atomic E-state index is 12.7. The number of esters is 1. The van der Waals surface area contributed by atoms with Gasteiger partial charge in [0.25, 0.3) is 10.0 Å². The van der Waals surface area contributed by atoms with E-state index in [4.69, 9.17) is 11.6 Å². The number of carbonyl (C=O) groups is 1. The number of carbonyl (C=O) groups excluding carboxylic acids is 1. The molecule has 0 spiro atoms. The lowest BCUT2D eigenvalue weighted by Crippen LogP contribution is -2.30. The highest BCUT2D eigenvalue weighted by Crippen LogP contribution is 2.32. The molecule has 22 heavy (non-hydrogen) atoms. The van der Waals surface area contributed by atoms with Crippen LogP contribution in [-0.2, 0) is 14.8 Å². The molecule has 8 heteroatoms. The van der Waals surface area contributed by atoms with E-state index in [-0.39, 0.29) is 27.0 Å². The number of rotatable bonds is 5. The number of anilines is 1. The Labute approximate surface area is 138 Å². The molecule has 1 aromatic heterocycles. The monoisotopic (exact) mass is 359 g/mol. The van der Waals surface area contributed by atoms with E-state index in [2.05, 4.69) is 4.74 Å². The Kier molecular flexibility index (Phi) is 5.10. The second-order valence-corrected chi connectivity index (χ2v) is 7.70. The molecule has 118 valence electrons. The molecule has 0 bridgehead atoms. The van der Waals surface area contributed by atoms with E-state index in [0.29, 0.717) is 0 Å². The van der Waals surface area contributed by atoms with Crippen LogP contribution in [0, 0.1) is 0 Å². The van der Waals surface area contributed by atoms with Gasteiger partial charge in [-0.05, 0) is 36.6 Å². The van der Waals surface area contributed by atoms with Crippen LogP contribution in [0.15, 0.2) is 39.9 Å². The summed E-state index contributed by atoms with van der Waals surface area (Å²) < 4.78 is 31.4. The first kappa shape index (κ1) is 16.8. The summed E-state index contributed by atoms with van der Waals surface area (Å²) in [5.74, 6) is -0.553. The first-order valence-corrected chi connectivity index (χ1v) is 9.05. The number of methoxy groups -OCH3 is 1. The van der Waals surface area contributed by atoms with Crippen LogP contribution in [0.25, 0.3) is 0 Å². The molecule has 2 rings (SSSR count). The summed E-state index contributed by atoms with van der Waals surface area (Å²) in [7, 11) is -2.46. The largest absolute Gasteiger partial charge is 0.465 e. The van der Waals surface area contributed by atoms with Gasteiger partial charge in [-0.1, -0.05) is 17.7 Å². The lowest BCUT2D eigenvalue weighted by atomic mass is 10.2. The van der Waals surface area contributed by atoms with Crippen molar-refractivity contribution in [2.24, 2.45) is 0 Å². The standard InChI is InChI=1S/C14H14ClNO4S2/c1-3-16(22(18,19)13-5-4-8-21-13)12-9-10(14(17)20-2)6-7-11(12)15/h4-9H,3H2,1-2H3. The Hall–Kier alpha value is -1.57. The number of halogens is 1. The fraction of sp³-hybridized carbons (Fsp3) is 0.214. The molecule has 2 aromatic rings. The lowest BCUT2D eigenvalue weighted by molar-refractivity contribution is 0.0601. The average Bonchev–Trinajstić information content (AvgIpc) is 3.04. The van der Waals surface area contributed by atoms with Gasteiger partial charge in [0, 0.05) is 6.54 Å². The van der Waals surface area contributed by atoms with Crippen LogP contribution in [0.2, 0.25) is 5.02 Å². The summed E-state index contributed by atoms with van der Waals surface area (Å²) in [5, 5.41) is 1.93. The summed E-state index contributed by atoms with van der Waals surface area (Å²) in [6.07, 6.45) is 0. The first-order chi connectivity index (χ1) is 10.4. The highest BCUT2D eigenvalue weighted by atomic mass is 35.5. The van der Waals surface area contributed by atoms with Gasteiger partial charge in [0.05, 0.1) is 23.4 Å². The molecule has 0 aliphatic heterocycles. The summed E-state index contributed by atoms with van der Waals surface area (Å²) in [6, 6.07) is 7.58. The minimum Gasteiger partial charge on any atom is -0.465 e. The highest BCUT2D eigenvalue weighted by Gasteiger charge is 2.27. The molecule has 0 aliphatic rings. The normalized spacial score (nSPS) is 11.2. The molecule has 1 aromatic carbocycles. The molecular weight excluding hydrogens is 346 g/mol. The Bertz CT molecular complexity index is 772. The van der Waals surface area contributed by atoms with Gasteiger partial charge in [-0.2, -0.15) is 0 Å². The number of nitrogens with zero attached hydrogens (tertiary/aromatic N) is 1. The van der Waals surface area contributed by atoms with E-state index < -0.39 is 16.0 Å². The highest BCUT2D eigenvalue weighted by molar-refractivity contribution is 7.94. The van der Waals surface area contributed by atoms with E-state index >= 15 is 0 Å². The Balaban J connectivity index is 2.54. The summed E-state index contributed by atoms with van der Waals surface area (Å²) in [4.78, 5) is 11.6. The van der Waals surface area contributed by atoms with Crippen molar-refractivity contribution in [2.45, 2.75) is 11.1 Å². The van der Waals surface area contributed by atoms with Crippen molar-refractivity contribution >= 4 is 44.6 Å². The van der Waals surface area contributed by atoms with Crippen molar-refractivity contribution in [3.63, 3.8) is 0 Å². The molecule has 0 radical (unpaired) electrons. The number of sulfonamides is 1. The summed E-state index contributed by atoms with van der Waals surface area (Å²) in [6.45, 7) is 1.89. The van der Waals surface area contributed by atoms with Crippen LogP contribution in [0.5, 0.6) is 0 Å². The van der Waals surface area contributed by atoms with Gasteiger partial charge in [0.2, 0.25) is 0 Å². The van der Waals surface area contributed by atoms with Crippen LogP contribution >= 0.6 is 22.9 Å². The summed E-state index contributed by atoms with van der Waals surface area (Å²) >= 11 is 7.25. The van der Waals surface area contributed by atoms with E-state index in [9.17, 15) is 13.2 Å². The second kappa shape index (κ2) is 6.68. The topological polar surface area (TPSA) is 63.7 Å². The maximum Gasteiger partial charge on any atom is 0.337 e. The zero-order valence-corrected chi connectivity index (χ0v) is 14.3. The number of hydrogen-bond acceptors (Lipinski definition) is 5. The molecule has 0 atom stereocenters. The molecule has 0 N–H and O–H groups in total. The summed E-state index contributed by atoms with van der Waals surface area (Å²) in [5.41, 5.74) is 0.488. The number of thiophene rings is 1. The van der Waals surface area contributed by atoms with Gasteiger partial charge in [-0.25, -0.2) is 13.2 Å². The van der Waals surface area contributed by atoms with E-state index in [1.165, 1.54) is 35.7 Å². The van der Waals surface area contributed by atoms with Gasteiger partial charge < -0.3 is 4.74 Å². The van der Waals surface area contributed by atoms with E-state index in [1.54, 1.807) is 18.4 Å². The lowest BCUT2D eigenvalue weighted by Gasteiger charge is -2.23. The van der Waals surface area contributed by atoms with Gasteiger partial charge >= 0.3 is 5.97 Å². The average molecular weight is 360 g/mol. The van der Waals surface area contributed by atoms with Crippen molar-refractivity contribution in [3.8, 4) is 0 Å². The van der Waals surface area contributed by atoms with Crippen molar-refractivity contribution in [1.82, 2.24) is 0 Å². The van der Waals surface area contributed by atoms with Gasteiger partial charge in [-0.3, -0.25) is 4.31 Å².